The Labute approximate surface area is 145 Å². The smallest absolute Gasteiger partial charge is 0.406 e. The van der Waals surface area contributed by atoms with Gasteiger partial charge < -0.3 is 9.47 Å². The van der Waals surface area contributed by atoms with E-state index in [0.717, 1.165) is 16.9 Å². The van der Waals surface area contributed by atoms with Gasteiger partial charge in [-0.1, -0.05) is 12.1 Å². The molecule has 1 saturated heterocycles. The Kier molecular flexibility index (Phi) is 5.24. The van der Waals surface area contributed by atoms with Crippen molar-refractivity contribution in [2.24, 2.45) is 0 Å². The van der Waals surface area contributed by atoms with Crippen LogP contribution in [-0.2, 0) is 16.0 Å². The SMILES string of the molecule is O=C(Nc1ncc(Cc2ccc(OC(F)(F)F)cc2)s1)[C@@H]1CCCO1. The number of aromatic nitrogens is 1. The van der Waals surface area contributed by atoms with E-state index in [1.807, 2.05) is 0 Å². The van der Waals surface area contributed by atoms with Gasteiger partial charge >= 0.3 is 6.36 Å². The first-order valence-corrected chi connectivity index (χ1v) is 8.42. The van der Waals surface area contributed by atoms with E-state index in [4.69, 9.17) is 4.74 Å². The molecule has 134 valence electrons. The summed E-state index contributed by atoms with van der Waals surface area (Å²) in [6.45, 7) is 0.593. The Morgan fingerprint density at radius 2 is 2.12 bits per heavy atom. The molecule has 0 spiro atoms. The fourth-order valence-corrected chi connectivity index (χ4v) is 3.28. The molecule has 2 heterocycles. The number of anilines is 1. The second-order valence-corrected chi connectivity index (χ2v) is 6.61. The number of rotatable bonds is 5. The molecule has 0 radical (unpaired) electrons. The summed E-state index contributed by atoms with van der Waals surface area (Å²) in [5.41, 5.74) is 0.815. The molecule has 0 unspecified atom stereocenters. The predicted octanol–water partition coefficient (Wildman–Crippen LogP) is 3.75. The van der Waals surface area contributed by atoms with E-state index in [2.05, 4.69) is 15.0 Å². The zero-order chi connectivity index (χ0) is 17.9. The lowest BCUT2D eigenvalue weighted by Gasteiger charge is -2.09. The van der Waals surface area contributed by atoms with Gasteiger partial charge in [0.25, 0.3) is 5.91 Å². The standard InChI is InChI=1S/C16H15F3N2O3S/c17-16(18,19)24-11-5-3-10(4-6-11)8-12-9-20-15(25-12)21-14(22)13-2-1-7-23-13/h3-6,9,13H,1-2,7-8H2,(H,20,21,22)/t13-/m0/s1. The van der Waals surface area contributed by atoms with E-state index in [1.54, 1.807) is 18.3 Å². The Morgan fingerprint density at radius 3 is 2.76 bits per heavy atom. The lowest BCUT2D eigenvalue weighted by Crippen LogP contribution is -2.26. The van der Waals surface area contributed by atoms with Crippen molar-refractivity contribution in [2.75, 3.05) is 11.9 Å². The van der Waals surface area contributed by atoms with Crippen LogP contribution in [0, 0.1) is 0 Å². The van der Waals surface area contributed by atoms with E-state index in [0.29, 0.717) is 24.6 Å². The van der Waals surface area contributed by atoms with Crippen LogP contribution in [0.15, 0.2) is 30.5 Å². The van der Waals surface area contributed by atoms with Gasteiger partial charge in [-0.05, 0) is 30.5 Å². The maximum Gasteiger partial charge on any atom is 0.573 e. The van der Waals surface area contributed by atoms with Crippen LogP contribution >= 0.6 is 11.3 Å². The van der Waals surface area contributed by atoms with Gasteiger partial charge in [0.15, 0.2) is 5.13 Å². The Morgan fingerprint density at radius 1 is 1.36 bits per heavy atom. The number of carbonyl (C=O) groups is 1. The molecule has 1 N–H and O–H groups in total. The molecule has 1 aromatic carbocycles. The summed E-state index contributed by atoms with van der Waals surface area (Å²) >= 11 is 1.32. The fourth-order valence-electron chi connectivity index (χ4n) is 2.43. The lowest BCUT2D eigenvalue weighted by molar-refractivity contribution is -0.274. The highest BCUT2D eigenvalue weighted by atomic mass is 32.1. The summed E-state index contributed by atoms with van der Waals surface area (Å²) in [6, 6.07) is 5.66. The van der Waals surface area contributed by atoms with Gasteiger partial charge in [-0.25, -0.2) is 4.98 Å². The van der Waals surface area contributed by atoms with Crippen LogP contribution in [0.25, 0.3) is 0 Å². The number of nitrogens with one attached hydrogen (secondary N) is 1. The van der Waals surface area contributed by atoms with Crippen LogP contribution in [0.3, 0.4) is 0 Å². The number of benzene rings is 1. The van der Waals surface area contributed by atoms with Crippen LogP contribution in [0.4, 0.5) is 18.3 Å². The van der Waals surface area contributed by atoms with Crippen molar-refractivity contribution in [2.45, 2.75) is 31.7 Å². The fraction of sp³-hybridized carbons (Fsp3) is 0.375. The van der Waals surface area contributed by atoms with Gasteiger partial charge in [0.05, 0.1) is 0 Å². The number of amides is 1. The quantitative estimate of drug-likeness (QED) is 0.868. The first kappa shape index (κ1) is 17.7. The van der Waals surface area contributed by atoms with Gasteiger partial charge in [-0.15, -0.1) is 24.5 Å². The van der Waals surface area contributed by atoms with Crippen molar-refractivity contribution in [1.29, 1.82) is 0 Å². The average Bonchev–Trinajstić information content (AvgIpc) is 3.20. The first-order chi connectivity index (χ1) is 11.9. The normalized spacial score (nSPS) is 17.5. The van der Waals surface area contributed by atoms with Crippen molar-refractivity contribution >= 4 is 22.4 Å². The van der Waals surface area contributed by atoms with Gasteiger partial charge in [-0.2, -0.15) is 0 Å². The monoisotopic (exact) mass is 372 g/mol. The van der Waals surface area contributed by atoms with Crippen LogP contribution in [0.1, 0.15) is 23.3 Å². The molecule has 25 heavy (non-hydrogen) atoms. The molecule has 5 nitrogen and oxygen atoms in total. The summed E-state index contributed by atoms with van der Waals surface area (Å²) in [5.74, 6) is -0.461. The zero-order valence-corrected chi connectivity index (χ0v) is 13.8. The molecular weight excluding hydrogens is 357 g/mol. The number of halogens is 3. The summed E-state index contributed by atoms with van der Waals surface area (Å²) in [5, 5.41) is 3.20. The van der Waals surface area contributed by atoms with Crippen LogP contribution < -0.4 is 10.1 Å². The number of hydrogen-bond donors (Lipinski definition) is 1. The van der Waals surface area contributed by atoms with Crippen molar-refractivity contribution in [1.82, 2.24) is 4.98 Å². The number of thiazole rings is 1. The van der Waals surface area contributed by atoms with Gasteiger partial charge in [0.2, 0.25) is 0 Å². The second-order valence-electron chi connectivity index (χ2n) is 5.49. The number of carbonyl (C=O) groups excluding carboxylic acids is 1. The van der Waals surface area contributed by atoms with Crippen molar-refractivity contribution in [3.8, 4) is 5.75 Å². The molecule has 0 aliphatic carbocycles. The lowest BCUT2D eigenvalue weighted by atomic mass is 10.1. The topological polar surface area (TPSA) is 60.5 Å². The molecule has 2 aromatic rings. The summed E-state index contributed by atoms with van der Waals surface area (Å²) < 4.78 is 45.5. The number of hydrogen-bond acceptors (Lipinski definition) is 5. The maximum atomic E-state index is 12.1. The van der Waals surface area contributed by atoms with Crippen molar-refractivity contribution in [3.63, 3.8) is 0 Å². The Hall–Kier alpha value is -2.13. The maximum absolute atomic E-state index is 12.1. The summed E-state index contributed by atoms with van der Waals surface area (Å²) in [6.07, 6.45) is -1.41. The van der Waals surface area contributed by atoms with Crippen molar-refractivity contribution < 1.29 is 27.4 Å². The molecule has 1 atom stereocenters. The van der Waals surface area contributed by atoms with Gasteiger partial charge in [-0.3, -0.25) is 10.1 Å². The molecule has 0 saturated carbocycles. The molecular formula is C16H15F3N2O3S. The van der Waals surface area contributed by atoms with Crippen LogP contribution in [0.5, 0.6) is 5.75 Å². The molecule has 1 fully saturated rings. The number of alkyl halides is 3. The molecule has 1 amide bonds. The summed E-state index contributed by atoms with van der Waals surface area (Å²) in [4.78, 5) is 17.0. The minimum Gasteiger partial charge on any atom is -0.406 e. The second kappa shape index (κ2) is 7.40. The number of ether oxygens (including phenoxy) is 2. The summed E-state index contributed by atoms with van der Waals surface area (Å²) in [7, 11) is 0. The first-order valence-electron chi connectivity index (χ1n) is 7.61. The highest BCUT2D eigenvalue weighted by Crippen LogP contribution is 2.25. The molecule has 3 rings (SSSR count). The average molecular weight is 372 g/mol. The van der Waals surface area contributed by atoms with Crippen LogP contribution in [-0.4, -0.2) is 30.0 Å². The molecule has 1 aliphatic heterocycles. The molecule has 1 aliphatic rings. The molecule has 9 heteroatoms. The third-order valence-corrected chi connectivity index (χ3v) is 4.45. The minimum absolute atomic E-state index is 0.202. The highest BCUT2D eigenvalue weighted by molar-refractivity contribution is 7.15. The Balaban J connectivity index is 1.56. The van der Waals surface area contributed by atoms with E-state index in [9.17, 15) is 18.0 Å². The molecule has 1 aromatic heterocycles. The number of nitrogens with zero attached hydrogens (tertiary/aromatic N) is 1. The zero-order valence-electron chi connectivity index (χ0n) is 13.0. The van der Waals surface area contributed by atoms with Gasteiger partial charge in [0.1, 0.15) is 11.9 Å². The predicted molar refractivity (Wildman–Crippen MR) is 85.6 cm³/mol. The minimum atomic E-state index is -4.70. The van der Waals surface area contributed by atoms with Crippen LogP contribution in [0.2, 0.25) is 0 Å². The Bertz CT molecular complexity index is 725. The van der Waals surface area contributed by atoms with E-state index < -0.39 is 12.5 Å². The van der Waals surface area contributed by atoms with Gasteiger partial charge in [0, 0.05) is 24.1 Å². The third kappa shape index (κ3) is 5.17. The molecule has 0 bridgehead atoms. The van der Waals surface area contributed by atoms with E-state index >= 15 is 0 Å². The van der Waals surface area contributed by atoms with E-state index in [-0.39, 0.29) is 11.7 Å². The van der Waals surface area contributed by atoms with Crippen molar-refractivity contribution in [3.05, 3.63) is 40.9 Å². The highest BCUT2D eigenvalue weighted by Gasteiger charge is 2.31. The van der Waals surface area contributed by atoms with E-state index in [1.165, 1.54) is 23.5 Å². The largest absolute Gasteiger partial charge is 0.573 e. The third-order valence-electron chi connectivity index (χ3n) is 3.54.